The molecule has 7 nitrogen and oxygen atoms in total. The molecule has 0 fully saturated rings. The van der Waals surface area contributed by atoms with E-state index in [2.05, 4.69) is 5.32 Å². The maximum absolute atomic E-state index is 13.5. The van der Waals surface area contributed by atoms with Crippen LogP contribution >= 0.6 is 0 Å². The fourth-order valence-corrected chi connectivity index (χ4v) is 4.54. The summed E-state index contributed by atoms with van der Waals surface area (Å²) >= 11 is 0. The SMILES string of the molecule is Cc1cccc(N(CC(=O)N(CCc2ccccc2)C(C)C(=O)NC(C)(C)C)S(C)(=O)=O)c1C. The highest BCUT2D eigenvalue weighted by Crippen LogP contribution is 2.25. The average molecular weight is 488 g/mol. The van der Waals surface area contributed by atoms with Crippen molar-refractivity contribution >= 4 is 27.5 Å². The molecule has 2 amide bonds. The number of rotatable bonds is 9. The van der Waals surface area contributed by atoms with Crippen molar-refractivity contribution in [1.29, 1.82) is 0 Å². The lowest BCUT2D eigenvalue weighted by Crippen LogP contribution is -2.55. The lowest BCUT2D eigenvalue weighted by atomic mass is 10.1. The first-order chi connectivity index (χ1) is 15.7. The molecule has 0 heterocycles. The zero-order chi connectivity index (χ0) is 25.7. The molecule has 0 aliphatic rings. The number of aryl methyl sites for hydroxylation is 1. The smallest absolute Gasteiger partial charge is 0.244 e. The van der Waals surface area contributed by atoms with Crippen LogP contribution in [0.15, 0.2) is 48.5 Å². The summed E-state index contributed by atoms with van der Waals surface area (Å²) in [5.41, 5.74) is 2.74. The van der Waals surface area contributed by atoms with Gasteiger partial charge in [0.1, 0.15) is 12.6 Å². The van der Waals surface area contributed by atoms with Gasteiger partial charge in [0, 0.05) is 12.1 Å². The van der Waals surface area contributed by atoms with Crippen LogP contribution < -0.4 is 9.62 Å². The minimum Gasteiger partial charge on any atom is -0.350 e. The molecule has 0 aliphatic heterocycles. The van der Waals surface area contributed by atoms with Crippen molar-refractivity contribution in [3.05, 3.63) is 65.2 Å². The molecule has 0 aromatic heterocycles. The van der Waals surface area contributed by atoms with Gasteiger partial charge >= 0.3 is 0 Å². The van der Waals surface area contributed by atoms with Crippen LogP contribution in [0.2, 0.25) is 0 Å². The lowest BCUT2D eigenvalue weighted by molar-refractivity contribution is -0.139. The van der Waals surface area contributed by atoms with Gasteiger partial charge in [-0.1, -0.05) is 42.5 Å². The first kappa shape index (κ1) is 27.4. The summed E-state index contributed by atoms with van der Waals surface area (Å²) in [5, 5.41) is 2.92. The van der Waals surface area contributed by atoms with Crippen LogP contribution in [0.3, 0.4) is 0 Å². The number of benzene rings is 2. The van der Waals surface area contributed by atoms with Crippen LogP contribution in [0.25, 0.3) is 0 Å². The number of sulfonamides is 1. The summed E-state index contributed by atoms with van der Waals surface area (Å²) < 4.78 is 26.5. The molecule has 186 valence electrons. The number of amides is 2. The number of nitrogens with one attached hydrogen (secondary N) is 1. The van der Waals surface area contributed by atoms with E-state index in [1.54, 1.807) is 19.1 Å². The Morgan fingerprint density at radius 3 is 2.18 bits per heavy atom. The van der Waals surface area contributed by atoms with E-state index in [1.807, 2.05) is 71.0 Å². The third kappa shape index (κ3) is 7.58. The molecule has 0 bridgehead atoms. The highest BCUT2D eigenvalue weighted by atomic mass is 32.2. The molecular formula is C26H37N3O4S. The highest BCUT2D eigenvalue weighted by molar-refractivity contribution is 7.92. The molecule has 0 aliphatic carbocycles. The second kappa shape index (κ2) is 11.0. The maximum atomic E-state index is 13.5. The van der Waals surface area contributed by atoms with Crippen LogP contribution in [0, 0.1) is 13.8 Å². The number of anilines is 1. The number of hydrogen-bond acceptors (Lipinski definition) is 4. The predicted molar refractivity (Wildman–Crippen MR) is 137 cm³/mol. The normalized spacial score (nSPS) is 12.7. The quantitative estimate of drug-likeness (QED) is 0.587. The minimum absolute atomic E-state index is 0.284. The van der Waals surface area contributed by atoms with Crippen LogP contribution in [0.1, 0.15) is 44.4 Å². The zero-order valence-electron chi connectivity index (χ0n) is 21.3. The van der Waals surface area contributed by atoms with E-state index in [-0.39, 0.29) is 19.0 Å². The fourth-order valence-electron chi connectivity index (χ4n) is 3.64. The molecule has 1 unspecified atom stereocenters. The van der Waals surface area contributed by atoms with Crippen molar-refractivity contribution in [3.8, 4) is 0 Å². The number of carbonyl (C=O) groups is 2. The van der Waals surface area contributed by atoms with Crippen LogP contribution in [0.5, 0.6) is 0 Å². The summed E-state index contributed by atoms with van der Waals surface area (Å²) in [6, 6.07) is 14.3. The topological polar surface area (TPSA) is 86.8 Å². The fraction of sp³-hybridized carbons (Fsp3) is 0.462. The Balaban J connectivity index is 2.37. The molecule has 0 saturated heterocycles. The van der Waals surface area contributed by atoms with Gasteiger partial charge in [-0.15, -0.1) is 0 Å². The number of hydrogen-bond donors (Lipinski definition) is 1. The van der Waals surface area contributed by atoms with Gasteiger partial charge in [0.05, 0.1) is 11.9 Å². The molecule has 0 spiro atoms. The largest absolute Gasteiger partial charge is 0.350 e. The van der Waals surface area contributed by atoms with E-state index in [9.17, 15) is 18.0 Å². The molecule has 2 rings (SSSR count). The van der Waals surface area contributed by atoms with Gasteiger partial charge in [-0.3, -0.25) is 13.9 Å². The summed E-state index contributed by atoms with van der Waals surface area (Å²) in [6.45, 7) is 10.9. The predicted octanol–water partition coefficient (Wildman–Crippen LogP) is 3.44. The molecule has 1 atom stereocenters. The molecular weight excluding hydrogens is 450 g/mol. The molecule has 2 aromatic rings. The first-order valence-electron chi connectivity index (χ1n) is 11.4. The Bertz CT molecular complexity index is 1110. The van der Waals surface area contributed by atoms with E-state index < -0.39 is 27.5 Å². The number of carbonyl (C=O) groups excluding carboxylic acids is 2. The zero-order valence-corrected chi connectivity index (χ0v) is 22.1. The van der Waals surface area contributed by atoms with Crippen LogP contribution in [-0.2, 0) is 26.0 Å². The molecule has 0 radical (unpaired) electrons. The standard InChI is InChI=1S/C26H37N3O4S/c1-19-12-11-15-23(20(19)2)29(34(7,32)33)18-24(30)28(17-16-22-13-9-8-10-14-22)21(3)25(31)27-26(4,5)6/h8-15,21H,16-18H2,1-7H3,(H,27,31). The van der Waals surface area contributed by atoms with Crippen LogP contribution in [0.4, 0.5) is 5.69 Å². The molecule has 1 N–H and O–H groups in total. The minimum atomic E-state index is -3.74. The Morgan fingerprint density at radius 2 is 1.62 bits per heavy atom. The van der Waals surface area contributed by atoms with Gasteiger partial charge in [-0.05, 0) is 70.7 Å². The Kier molecular flexibility index (Phi) is 8.89. The molecule has 8 heteroatoms. The number of nitrogens with zero attached hydrogens (tertiary/aromatic N) is 2. The van der Waals surface area contributed by atoms with Crippen molar-refractivity contribution < 1.29 is 18.0 Å². The van der Waals surface area contributed by atoms with Crippen molar-refractivity contribution in [2.24, 2.45) is 0 Å². The van der Waals surface area contributed by atoms with E-state index in [0.717, 1.165) is 27.3 Å². The van der Waals surface area contributed by atoms with Crippen molar-refractivity contribution in [2.45, 2.75) is 59.5 Å². The Hall–Kier alpha value is -2.87. The maximum Gasteiger partial charge on any atom is 0.244 e. The van der Waals surface area contributed by atoms with Crippen molar-refractivity contribution in [2.75, 3.05) is 23.7 Å². The Morgan fingerprint density at radius 1 is 1.00 bits per heavy atom. The van der Waals surface area contributed by atoms with Gasteiger partial charge in [0.25, 0.3) is 0 Å². The second-order valence-corrected chi connectivity index (χ2v) is 11.6. The third-order valence-electron chi connectivity index (χ3n) is 5.67. The second-order valence-electron chi connectivity index (χ2n) is 9.73. The monoisotopic (exact) mass is 487 g/mol. The van der Waals surface area contributed by atoms with Gasteiger partial charge in [0.2, 0.25) is 21.8 Å². The highest BCUT2D eigenvalue weighted by Gasteiger charge is 2.31. The van der Waals surface area contributed by atoms with E-state index in [0.29, 0.717) is 12.1 Å². The molecule has 0 saturated carbocycles. The summed E-state index contributed by atoms with van der Waals surface area (Å²) in [7, 11) is -3.74. The Labute approximate surface area is 204 Å². The van der Waals surface area contributed by atoms with Crippen molar-refractivity contribution in [3.63, 3.8) is 0 Å². The summed E-state index contributed by atoms with van der Waals surface area (Å²) in [5.74, 6) is -0.717. The third-order valence-corrected chi connectivity index (χ3v) is 6.80. The summed E-state index contributed by atoms with van der Waals surface area (Å²) in [6.07, 6.45) is 1.63. The van der Waals surface area contributed by atoms with E-state index >= 15 is 0 Å². The molecule has 2 aromatic carbocycles. The van der Waals surface area contributed by atoms with Gasteiger partial charge in [0.15, 0.2) is 0 Å². The lowest BCUT2D eigenvalue weighted by Gasteiger charge is -2.33. The van der Waals surface area contributed by atoms with Gasteiger partial charge in [-0.25, -0.2) is 8.42 Å². The van der Waals surface area contributed by atoms with E-state index in [1.165, 1.54) is 4.90 Å². The van der Waals surface area contributed by atoms with Crippen LogP contribution in [-0.4, -0.2) is 56.1 Å². The first-order valence-corrected chi connectivity index (χ1v) is 13.2. The van der Waals surface area contributed by atoms with Gasteiger partial charge in [-0.2, -0.15) is 0 Å². The summed E-state index contributed by atoms with van der Waals surface area (Å²) in [4.78, 5) is 27.9. The van der Waals surface area contributed by atoms with E-state index in [4.69, 9.17) is 0 Å². The molecule has 34 heavy (non-hydrogen) atoms. The van der Waals surface area contributed by atoms with Gasteiger partial charge < -0.3 is 10.2 Å². The average Bonchev–Trinajstić information content (AvgIpc) is 2.73. The van der Waals surface area contributed by atoms with Crippen molar-refractivity contribution in [1.82, 2.24) is 10.2 Å².